The van der Waals surface area contributed by atoms with Crippen molar-refractivity contribution in [2.24, 2.45) is 0 Å². The monoisotopic (exact) mass is 227 g/mol. The first-order valence-electron chi connectivity index (χ1n) is 5.73. The van der Waals surface area contributed by atoms with E-state index in [9.17, 15) is 5.11 Å². The van der Waals surface area contributed by atoms with Gasteiger partial charge in [-0.3, -0.25) is 4.98 Å². The molecule has 1 aliphatic carbocycles. The Balaban J connectivity index is 1.88. The molecule has 0 saturated heterocycles. The molecule has 1 N–H and O–H groups in total. The first kappa shape index (κ1) is 10.1. The van der Waals surface area contributed by atoms with Gasteiger partial charge in [-0.2, -0.15) is 0 Å². The van der Waals surface area contributed by atoms with Gasteiger partial charge < -0.3 is 9.84 Å². The summed E-state index contributed by atoms with van der Waals surface area (Å²) in [7, 11) is 0. The molecule has 0 radical (unpaired) electrons. The Bertz CT molecular complexity index is 518. The van der Waals surface area contributed by atoms with Crippen LogP contribution in [-0.2, 0) is 0 Å². The van der Waals surface area contributed by atoms with E-state index in [0.29, 0.717) is 6.10 Å². The third-order valence-corrected chi connectivity index (χ3v) is 2.70. The van der Waals surface area contributed by atoms with Crippen LogP contribution in [0.3, 0.4) is 0 Å². The van der Waals surface area contributed by atoms with Gasteiger partial charge in [0.2, 0.25) is 0 Å². The minimum atomic E-state index is 0.180. The number of aromatic nitrogens is 1. The Hall–Kier alpha value is -2.03. The van der Waals surface area contributed by atoms with Gasteiger partial charge in [-0.15, -0.1) is 0 Å². The van der Waals surface area contributed by atoms with Crippen molar-refractivity contribution in [3.63, 3.8) is 0 Å². The number of ether oxygens (including phenoxy) is 1. The van der Waals surface area contributed by atoms with Crippen LogP contribution in [0.4, 0.5) is 0 Å². The zero-order chi connectivity index (χ0) is 11.7. The van der Waals surface area contributed by atoms with Crippen LogP contribution in [-0.4, -0.2) is 16.2 Å². The topological polar surface area (TPSA) is 42.4 Å². The smallest absolute Gasteiger partial charge is 0.133 e. The van der Waals surface area contributed by atoms with Gasteiger partial charge in [-0.25, -0.2) is 0 Å². The number of benzene rings is 1. The van der Waals surface area contributed by atoms with Crippen LogP contribution in [0.5, 0.6) is 11.5 Å². The quantitative estimate of drug-likeness (QED) is 0.876. The highest BCUT2D eigenvalue weighted by molar-refractivity contribution is 5.61. The average molecular weight is 227 g/mol. The molecule has 1 aromatic carbocycles. The number of hydrogen-bond acceptors (Lipinski definition) is 3. The van der Waals surface area contributed by atoms with E-state index in [1.54, 1.807) is 12.1 Å². The lowest BCUT2D eigenvalue weighted by Gasteiger charge is -2.06. The van der Waals surface area contributed by atoms with Gasteiger partial charge in [-0.1, -0.05) is 12.1 Å². The summed E-state index contributed by atoms with van der Waals surface area (Å²) in [5.41, 5.74) is 1.84. The molecule has 0 spiro atoms. The summed E-state index contributed by atoms with van der Waals surface area (Å²) in [4.78, 5) is 4.18. The van der Waals surface area contributed by atoms with Crippen LogP contribution in [0.15, 0.2) is 42.6 Å². The second-order valence-corrected chi connectivity index (χ2v) is 4.25. The van der Waals surface area contributed by atoms with Gasteiger partial charge in [0.25, 0.3) is 0 Å². The Morgan fingerprint density at radius 3 is 2.76 bits per heavy atom. The Morgan fingerprint density at radius 1 is 1.18 bits per heavy atom. The van der Waals surface area contributed by atoms with Gasteiger partial charge in [0.05, 0.1) is 18.0 Å². The first-order valence-corrected chi connectivity index (χ1v) is 5.73. The lowest BCUT2D eigenvalue weighted by molar-refractivity contribution is 0.303. The summed E-state index contributed by atoms with van der Waals surface area (Å²) < 4.78 is 5.73. The van der Waals surface area contributed by atoms with E-state index in [0.717, 1.165) is 29.8 Å². The lowest BCUT2D eigenvalue weighted by atomic mass is 10.1. The zero-order valence-corrected chi connectivity index (χ0v) is 9.34. The fraction of sp³-hybridized carbons (Fsp3) is 0.214. The summed E-state index contributed by atoms with van der Waals surface area (Å²) in [6.45, 7) is 0. The maximum absolute atomic E-state index is 9.20. The van der Waals surface area contributed by atoms with Gasteiger partial charge in [0.15, 0.2) is 0 Å². The maximum Gasteiger partial charge on any atom is 0.133 e. The lowest BCUT2D eigenvalue weighted by Crippen LogP contribution is -1.95. The van der Waals surface area contributed by atoms with E-state index in [1.807, 2.05) is 24.3 Å². The molecule has 0 atom stereocenters. The molecule has 1 aliphatic rings. The third kappa shape index (κ3) is 2.38. The van der Waals surface area contributed by atoms with Crippen LogP contribution in [0.1, 0.15) is 12.8 Å². The van der Waals surface area contributed by atoms with Gasteiger partial charge in [0, 0.05) is 5.56 Å². The van der Waals surface area contributed by atoms with Crippen LogP contribution in [0, 0.1) is 0 Å². The number of hydrogen-bond donors (Lipinski definition) is 1. The average Bonchev–Trinajstić information content (AvgIpc) is 3.14. The highest BCUT2D eigenvalue weighted by Crippen LogP contribution is 2.29. The summed E-state index contributed by atoms with van der Waals surface area (Å²) in [6, 6.07) is 11.3. The molecule has 3 heteroatoms. The molecule has 0 unspecified atom stereocenters. The molecule has 1 heterocycles. The largest absolute Gasteiger partial charge is 0.506 e. The van der Waals surface area contributed by atoms with Crippen molar-refractivity contribution >= 4 is 0 Å². The van der Waals surface area contributed by atoms with Gasteiger partial charge in [-0.05, 0) is 37.1 Å². The van der Waals surface area contributed by atoms with E-state index in [2.05, 4.69) is 4.98 Å². The third-order valence-electron chi connectivity index (χ3n) is 2.70. The fourth-order valence-electron chi connectivity index (χ4n) is 1.66. The second-order valence-electron chi connectivity index (χ2n) is 4.25. The van der Waals surface area contributed by atoms with E-state index in [1.165, 1.54) is 6.20 Å². The predicted molar refractivity (Wildman–Crippen MR) is 65.0 cm³/mol. The number of nitrogens with zero attached hydrogens (tertiary/aromatic N) is 1. The van der Waals surface area contributed by atoms with Crippen LogP contribution in [0.2, 0.25) is 0 Å². The summed E-state index contributed by atoms with van der Waals surface area (Å²) in [5.74, 6) is 1.07. The molecule has 3 nitrogen and oxygen atoms in total. The molecule has 1 saturated carbocycles. The maximum atomic E-state index is 9.20. The van der Waals surface area contributed by atoms with Gasteiger partial charge >= 0.3 is 0 Å². The van der Waals surface area contributed by atoms with Crippen molar-refractivity contribution in [3.8, 4) is 22.8 Å². The molecule has 17 heavy (non-hydrogen) atoms. The summed E-state index contributed by atoms with van der Waals surface area (Å²) in [6.07, 6.45) is 4.16. The molecule has 2 aromatic rings. The highest BCUT2D eigenvalue weighted by atomic mass is 16.5. The molecular formula is C14H13NO2. The van der Waals surface area contributed by atoms with Crippen LogP contribution in [0.25, 0.3) is 11.3 Å². The van der Waals surface area contributed by atoms with E-state index < -0.39 is 0 Å². The molecule has 3 rings (SSSR count). The van der Waals surface area contributed by atoms with Crippen molar-refractivity contribution in [1.82, 2.24) is 4.98 Å². The van der Waals surface area contributed by atoms with Crippen molar-refractivity contribution in [1.29, 1.82) is 0 Å². The minimum absolute atomic E-state index is 0.180. The van der Waals surface area contributed by atoms with E-state index >= 15 is 0 Å². The molecule has 0 amide bonds. The summed E-state index contributed by atoms with van der Waals surface area (Å²) >= 11 is 0. The molecule has 0 bridgehead atoms. The predicted octanol–water partition coefficient (Wildman–Crippen LogP) is 3.00. The molecule has 86 valence electrons. The van der Waals surface area contributed by atoms with Crippen molar-refractivity contribution in [2.45, 2.75) is 18.9 Å². The number of pyridine rings is 1. The molecular weight excluding hydrogens is 214 g/mol. The normalized spacial score (nSPS) is 14.6. The SMILES string of the molecule is Oc1ccc(-c2cccc(OC3CC3)c2)nc1. The van der Waals surface area contributed by atoms with E-state index in [4.69, 9.17) is 4.74 Å². The first-order chi connectivity index (χ1) is 8.31. The highest BCUT2D eigenvalue weighted by Gasteiger charge is 2.23. The fourth-order valence-corrected chi connectivity index (χ4v) is 1.66. The minimum Gasteiger partial charge on any atom is -0.506 e. The van der Waals surface area contributed by atoms with E-state index in [-0.39, 0.29) is 5.75 Å². The van der Waals surface area contributed by atoms with Crippen molar-refractivity contribution in [2.75, 3.05) is 0 Å². The number of aromatic hydroxyl groups is 1. The molecule has 1 aromatic heterocycles. The Morgan fingerprint density at radius 2 is 2.06 bits per heavy atom. The standard InChI is InChI=1S/C14H13NO2/c16-11-4-7-14(15-9-11)10-2-1-3-13(8-10)17-12-5-6-12/h1-4,7-9,12,16H,5-6H2. The summed E-state index contributed by atoms with van der Waals surface area (Å²) in [5, 5.41) is 9.20. The molecule has 1 fully saturated rings. The van der Waals surface area contributed by atoms with Gasteiger partial charge in [0.1, 0.15) is 11.5 Å². The Labute approximate surface area is 99.7 Å². The zero-order valence-electron chi connectivity index (χ0n) is 9.34. The van der Waals surface area contributed by atoms with Crippen LogP contribution >= 0.6 is 0 Å². The molecule has 0 aliphatic heterocycles. The number of rotatable bonds is 3. The van der Waals surface area contributed by atoms with Crippen molar-refractivity contribution < 1.29 is 9.84 Å². The Kier molecular flexibility index (Phi) is 2.44. The second kappa shape index (κ2) is 4.09. The van der Waals surface area contributed by atoms with Crippen molar-refractivity contribution in [3.05, 3.63) is 42.6 Å². The van der Waals surface area contributed by atoms with Crippen LogP contribution < -0.4 is 4.74 Å².